The van der Waals surface area contributed by atoms with Crippen LogP contribution in [-0.2, 0) is 52.1 Å². The number of aromatic nitrogens is 2. The Morgan fingerprint density at radius 1 is 1.08 bits per heavy atom. The van der Waals surface area contributed by atoms with E-state index >= 15 is 0 Å². The fourth-order valence-corrected chi connectivity index (χ4v) is 9.32. The molecule has 2 fully saturated rings. The van der Waals surface area contributed by atoms with E-state index in [0.29, 0.717) is 17.9 Å². The number of hydrogen-bond acceptors (Lipinski definition) is 16. The molecule has 0 spiro atoms. The quantitative estimate of drug-likeness (QED) is 0.0402. The zero-order valence-electron chi connectivity index (χ0n) is 32.3. The molecule has 3 rings (SSSR count). The molecule has 1 saturated carbocycles. The molecule has 2 aliphatic rings. The number of nitrogens with one attached hydrogen (secondary N) is 2. The molecule has 332 valence electrons. The van der Waals surface area contributed by atoms with Crippen LogP contribution in [0.15, 0.2) is 17.1 Å². The second-order valence-corrected chi connectivity index (χ2v) is 17.6. The molecule has 7 atom stereocenters. The largest absolute Gasteiger partial charge is 0.469 e. The number of nitrogens with zero attached hydrogens (tertiary/aromatic N) is 2. The van der Waals surface area contributed by atoms with Crippen molar-refractivity contribution in [2.75, 3.05) is 49.8 Å². The van der Waals surface area contributed by atoms with E-state index in [2.05, 4.69) is 20.1 Å². The number of halogens is 2. The van der Waals surface area contributed by atoms with Gasteiger partial charge in [-0.05, 0) is 32.3 Å². The number of thioether (sulfide) groups is 2. The summed E-state index contributed by atoms with van der Waals surface area (Å²) in [4.78, 5) is 107. The Hall–Kier alpha value is -3.35. The number of hydrogen-bond donors (Lipinski definition) is 6. The van der Waals surface area contributed by atoms with Gasteiger partial charge in [-0.25, -0.2) is 9.36 Å². The molecule has 3 amide bonds. The predicted molar refractivity (Wildman–Crippen MR) is 207 cm³/mol. The Morgan fingerprint density at radius 3 is 2.31 bits per heavy atom. The maximum Gasteiger partial charge on any atom is 0.469 e. The molecule has 7 N–H and O–H groups in total. The fraction of sp³-hybridized carbons (Fsp3) is 0.706. The third kappa shape index (κ3) is 16.6. The van der Waals surface area contributed by atoms with Crippen LogP contribution in [0.1, 0.15) is 65.0 Å². The molecule has 1 saturated heterocycles. The Bertz CT molecular complexity index is 1750. The summed E-state index contributed by atoms with van der Waals surface area (Å²) in [6.45, 7) is 1.43. The molecule has 59 heavy (non-hydrogen) atoms. The molecule has 20 nitrogen and oxygen atoms in total. The van der Waals surface area contributed by atoms with Gasteiger partial charge in [-0.2, -0.15) is 37.3 Å². The number of anilines is 1. The van der Waals surface area contributed by atoms with Crippen LogP contribution in [-0.4, -0.2) is 133 Å². The van der Waals surface area contributed by atoms with Crippen molar-refractivity contribution in [2.24, 2.45) is 17.6 Å². The summed E-state index contributed by atoms with van der Waals surface area (Å²) >= 11 is 3.22. The molecule has 1 aliphatic heterocycles. The molecule has 4 unspecified atom stereocenters. The number of alkyl halides is 2. The molecule has 0 bridgehead atoms. The molecule has 0 radical (unpaired) electrons. The summed E-state index contributed by atoms with van der Waals surface area (Å²) in [5.74, 6) is -7.55. The molecule has 2 heterocycles. The van der Waals surface area contributed by atoms with Gasteiger partial charge in [-0.1, -0.05) is 6.92 Å². The van der Waals surface area contributed by atoms with Crippen molar-refractivity contribution in [3.63, 3.8) is 0 Å². The number of Topliss-reactive ketones (excluding diaryl/α,β-unsaturated/α-hetero) is 2. The van der Waals surface area contributed by atoms with Crippen molar-refractivity contribution in [3.8, 4) is 0 Å². The molecule has 1 aliphatic carbocycles. The zero-order chi connectivity index (χ0) is 43.9. The maximum absolute atomic E-state index is 14.7. The Morgan fingerprint density at radius 2 is 1.73 bits per heavy atom. The SMILES string of the molecule is CCC(CSC1CCC1SCC(CC(=O)CCOCCC(C)=O)C(=O)NCCC(=O)OCC(=O)Nc1ccn([C@@H]2O[C@H](COP(=O)(O)O)[C@@H](O)C2(F)F)c(=O)n1)C(N)=O. The lowest BCUT2D eigenvalue weighted by Gasteiger charge is -2.37. The molecule has 0 aromatic carbocycles. The van der Waals surface area contributed by atoms with Crippen LogP contribution < -0.4 is 22.1 Å². The highest BCUT2D eigenvalue weighted by atomic mass is 32.2. The van der Waals surface area contributed by atoms with Gasteiger partial charge in [-0.15, -0.1) is 0 Å². The summed E-state index contributed by atoms with van der Waals surface area (Å²) in [6.07, 6.45) is -3.91. The van der Waals surface area contributed by atoms with Crippen molar-refractivity contribution in [3.05, 3.63) is 22.7 Å². The number of carbonyl (C=O) groups excluding carboxylic acids is 6. The molecule has 1 aromatic heterocycles. The lowest BCUT2D eigenvalue weighted by molar-refractivity contribution is -0.147. The number of phosphoric acid groups is 1. The van der Waals surface area contributed by atoms with Crippen LogP contribution >= 0.6 is 31.3 Å². The second kappa shape index (κ2) is 23.6. The molecule has 1 aromatic rings. The van der Waals surface area contributed by atoms with E-state index in [9.17, 15) is 52.0 Å². The van der Waals surface area contributed by atoms with E-state index in [1.807, 2.05) is 6.92 Å². The first kappa shape index (κ1) is 50.0. The van der Waals surface area contributed by atoms with Gasteiger partial charge in [0.1, 0.15) is 23.5 Å². The molecular formula is C34H50F2N5O15PS2. The summed E-state index contributed by atoms with van der Waals surface area (Å²) in [7, 11) is -5.09. The van der Waals surface area contributed by atoms with Gasteiger partial charge >= 0.3 is 25.4 Å². The predicted octanol–water partition coefficient (Wildman–Crippen LogP) is 0.704. The van der Waals surface area contributed by atoms with Gasteiger partial charge in [0.2, 0.25) is 18.0 Å². The number of rotatable bonds is 27. The van der Waals surface area contributed by atoms with E-state index in [1.165, 1.54) is 6.92 Å². The number of esters is 1. The fourth-order valence-electron chi connectivity index (χ4n) is 5.58. The van der Waals surface area contributed by atoms with Crippen molar-refractivity contribution >= 4 is 72.4 Å². The lowest BCUT2D eigenvalue weighted by Crippen LogP contribution is -2.42. The number of primary amides is 1. The monoisotopic (exact) mass is 901 g/mol. The Labute approximate surface area is 346 Å². The highest BCUT2D eigenvalue weighted by Crippen LogP contribution is 2.45. The Balaban J connectivity index is 1.47. The summed E-state index contributed by atoms with van der Waals surface area (Å²) in [5, 5.41) is 15.2. The first-order valence-corrected chi connectivity index (χ1v) is 22.2. The van der Waals surface area contributed by atoms with Crippen molar-refractivity contribution in [1.82, 2.24) is 14.9 Å². The number of ketones is 2. The highest BCUT2D eigenvalue weighted by molar-refractivity contribution is 8.04. The first-order valence-electron chi connectivity index (χ1n) is 18.6. The van der Waals surface area contributed by atoms with E-state index in [1.54, 1.807) is 23.5 Å². The van der Waals surface area contributed by atoms with Crippen LogP contribution in [0.3, 0.4) is 0 Å². The van der Waals surface area contributed by atoms with Gasteiger partial charge in [0.25, 0.3) is 5.91 Å². The third-order valence-electron chi connectivity index (χ3n) is 9.17. The summed E-state index contributed by atoms with van der Waals surface area (Å²) in [6, 6.07) is 0.929. The normalized spacial score (nSPS) is 22.1. The van der Waals surface area contributed by atoms with Gasteiger partial charge in [-0.3, -0.25) is 37.9 Å². The van der Waals surface area contributed by atoms with E-state index < -0.39 is 80.6 Å². The van der Waals surface area contributed by atoms with Crippen molar-refractivity contribution in [1.29, 1.82) is 0 Å². The summed E-state index contributed by atoms with van der Waals surface area (Å²) < 4.78 is 59.9. The maximum atomic E-state index is 14.7. The van der Waals surface area contributed by atoms with Crippen LogP contribution in [0, 0.1) is 11.8 Å². The first-order chi connectivity index (χ1) is 27.7. The number of phosphoric ester groups is 1. The van der Waals surface area contributed by atoms with Gasteiger partial charge in [0.15, 0.2) is 12.7 Å². The topological polar surface area (TPSA) is 302 Å². The van der Waals surface area contributed by atoms with E-state index in [-0.39, 0.29) is 83.9 Å². The van der Waals surface area contributed by atoms with Gasteiger partial charge in [0.05, 0.1) is 32.2 Å². The number of ether oxygens (including phenoxy) is 3. The average molecular weight is 902 g/mol. The number of aliphatic hydroxyl groups excluding tert-OH is 1. The number of nitrogens with two attached hydrogens (primary N) is 1. The van der Waals surface area contributed by atoms with Crippen LogP contribution in [0.4, 0.5) is 14.6 Å². The summed E-state index contributed by atoms with van der Waals surface area (Å²) in [5.41, 5.74) is 4.11. The van der Waals surface area contributed by atoms with Crippen LogP contribution in [0.2, 0.25) is 0 Å². The van der Waals surface area contributed by atoms with Gasteiger partial charge in [0, 0.05) is 59.9 Å². The number of aliphatic hydroxyl groups is 1. The van der Waals surface area contributed by atoms with Crippen molar-refractivity contribution < 1.29 is 75.7 Å². The van der Waals surface area contributed by atoms with Crippen LogP contribution in [0.25, 0.3) is 0 Å². The average Bonchev–Trinajstić information content (AvgIpc) is 3.36. The minimum atomic E-state index is -5.09. The lowest BCUT2D eigenvalue weighted by atomic mass is 9.99. The van der Waals surface area contributed by atoms with Crippen LogP contribution in [0.5, 0.6) is 0 Å². The second-order valence-electron chi connectivity index (χ2n) is 13.8. The van der Waals surface area contributed by atoms with Crippen molar-refractivity contribution in [2.45, 2.75) is 93.7 Å². The third-order valence-corrected chi connectivity index (χ3v) is 13.0. The Kier molecular flexibility index (Phi) is 20.0. The van der Waals surface area contributed by atoms with E-state index in [0.717, 1.165) is 25.1 Å². The molecule has 25 heteroatoms. The van der Waals surface area contributed by atoms with Gasteiger partial charge < -0.3 is 45.5 Å². The highest BCUT2D eigenvalue weighted by Gasteiger charge is 2.60. The standard InChI is InChI=1S/C34H50F2N5O15PS2/c1-3-20(30(37)47)17-58-24-4-5-25(24)59-18-21(14-22(43)9-13-53-12-8-19(2)42)31(48)38-10-6-28(45)54-16-27(44)39-26-7-11-41(33(49)40-26)32-34(35,36)29(46)23(56-32)15-55-57(50,51)52/h7,11,20-21,23-25,29,32,46H,3-6,8-10,12-18H2,1-2H3,(H2,37,47)(H,38,48)(H2,50,51,52)(H,39,40,44,49)/t20?,21?,23-,24?,25?,29-,32-/m1/s1. The minimum Gasteiger partial charge on any atom is -0.456 e. The number of carbonyl (C=O) groups is 6. The van der Waals surface area contributed by atoms with E-state index in [4.69, 9.17) is 29.7 Å². The molecular weight excluding hydrogens is 851 g/mol. The smallest absolute Gasteiger partial charge is 0.456 e. The number of amides is 3. The minimum absolute atomic E-state index is 0.0397. The zero-order valence-corrected chi connectivity index (χ0v) is 34.9.